The first-order valence-electron chi connectivity index (χ1n) is 7.80. The third-order valence-corrected chi connectivity index (χ3v) is 4.14. The number of carbonyl (C=O) groups is 1. The van der Waals surface area contributed by atoms with E-state index in [2.05, 4.69) is 10.4 Å². The van der Waals surface area contributed by atoms with Crippen LogP contribution in [0.5, 0.6) is 0 Å². The van der Waals surface area contributed by atoms with Crippen molar-refractivity contribution in [3.63, 3.8) is 0 Å². The molecule has 0 spiro atoms. The third kappa shape index (κ3) is 3.76. The Labute approximate surface area is 134 Å². The molecule has 1 amide bonds. The molecule has 0 atom stereocenters. The number of carbonyl (C=O) groups excluding carboxylic acids is 1. The first-order valence-corrected chi connectivity index (χ1v) is 7.80. The van der Waals surface area contributed by atoms with E-state index in [4.69, 9.17) is 4.74 Å². The Kier molecular flexibility index (Phi) is 4.71. The number of ether oxygens (including phenoxy) is 1. The van der Waals surface area contributed by atoms with Gasteiger partial charge in [0.25, 0.3) is 0 Å². The van der Waals surface area contributed by atoms with Crippen LogP contribution in [-0.4, -0.2) is 35.4 Å². The number of aromatic nitrogens is 2. The lowest BCUT2D eigenvalue weighted by Gasteiger charge is -2.16. The van der Waals surface area contributed by atoms with Gasteiger partial charge in [-0.15, -0.1) is 0 Å². The first kappa shape index (κ1) is 15.7. The number of nitrogens with one attached hydrogen (secondary N) is 1. The van der Waals surface area contributed by atoms with Gasteiger partial charge in [0.15, 0.2) is 0 Å². The maximum absolute atomic E-state index is 13.0. The summed E-state index contributed by atoms with van der Waals surface area (Å²) in [4.78, 5) is 12.4. The summed E-state index contributed by atoms with van der Waals surface area (Å²) in [7, 11) is 0. The summed E-state index contributed by atoms with van der Waals surface area (Å²) in [5, 5.41) is 6.99. The number of rotatable bonds is 8. The molecule has 0 radical (unpaired) electrons. The van der Waals surface area contributed by atoms with Crippen molar-refractivity contribution in [3.8, 4) is 0 Å². The largest absolute Gasteiger partial charge is 0.378 e. The van der Waals surface area contributed by atoms with Crippen LogP contribution < -0.4 is 5.32 Å². The van der Waals surface area contributed by atoms with Crippen molar-refractivity contribution < 1.29 is 13.9 Å². The molecule has 0 aliphatic heterocycles. The minimum atomic E-state index is -0.469. The summed E-state index contributed by atoms with van der Waals surface area (Å²) in [5.74, 6) is -0.282. The topological polar surface area (TPSA) is 56.1 Å². The Bertz CT molecular complexity index is 636. The summed E-state index contributed by atoms with van der Waals surface area (Å²) < 4.78 is 20.3. The quantitative estimate of drug-likeness (QED) is 0.757. The molecular formula is C17H20FN3O2. The second kappa shape index (κ2) is 6.91. The van der Waals surface area contributed by atoms with E-state index in [0.29, 0.717) is 26.3 Å². The lowest BCUT2D eigenvalue weighted by Crippen LogP contribution is -2.36. The molecule has 23 heavy (non-hydrogen) atoms. The number of halogens is 1. The molecule has 1 aliphatic carbocycles. The van der Waals surface area contributed by atoms with Gasteiger partial charge in [-0.3, -0.25) is 9.48 Å². The predicted octanol–water partition coefficient (Wildman–Crippen LogP) is 1.89. The average molecular weight is 317 g/mol. The summed E-state index contributed by atoms with van der Waals surface area (Å²) >= 11 is 0. The highest BCUT2D eigenvalue weighted by molar-refractivity contribution is 5.91. The molecule has 1 fully saturated rings. The van der Waals surface area contributed by atoms with Gasteiger partial charge in [-0.1, -0.05) is 12.1 Å². The van der Waals surface area contributed by atoms with Crippen molar-refractivity contribution in [2.75, 3.05) is 19.8 Å². The fraction of sp³-hybridized carbons (Fsp3) is 0.412. The van der Waals surface area contributed by atoms with Crippen molar-refractivity contribution in [2.45, 2.75) is 24.8 Å². The van der Waals surface area contributed by atoms with E-state index in [0.717, 1.165) is 18.4 Å². The van der Waals surface area contributed by atoms with Crippen LogP contribution in [0.15, 0.2) is 42.7 Å². The van der Waals surface area contributed by atoms with Gasteiger partial charge in [0, 0.05) is 18.9 Å². The van der Waals surface area contributed by atoms with Crippen LogP contribution in [0.3, 0.4) is 0 Å². The van der Waals surface area contributed by atoms with Crippen LogP contribution in [0.25, 0.3) is 0 Å². The normalized spacial score (nSPS) is 15.3. The molecule has 1 aliphatic rings. The molecule has 5 nitrogen and oxygen atoms in total. The van der Waals surface area contributed by atoms with Crippen LogP contribution in [-0.2, 0) is 21.5 Å². The van der Waals surface area contributed by atoms with Crippen LogP contribution in [0.2, 0.25) is 0 Å². The van der Waals surface area contributed by atoms with E-state index in [-0.39, 0.29) is 11.7 Å². The van der Waals surface area contributed by atoms with Gasteiger partial charge in [-0.25, -0.2) is 4.39 Å². The van der Waals surface area contributed by atoms with E-state index in [1.165, 1.54) is 12.1 Å². The molecule has 1 saturated carbocycles. The Morgan fingerprint density at radius 3 is 2.74 bits per heavy atom. The molecule has 0 saturated heterocycles. The lowest BCUT2D eigenvalue weighted by molar-refractivity contribution is -0.123. The number of hydrogen-bond acceptors (Lipinski definition) is 3. The van der Waals surface area contributed by atoms with E-state index in [1.54, 1.807) is 23.0 Å². The van der Waals surface area contributed by atoms with Gasteiger partial charge in [-0.05, 0) is 36.6 Å². The lowest BCUT2D eigenvalue weighted by atomic mass is 9.95. The molecule has 1 aromatic carbocycles. The van der Waals surface area contributed by atoms with E-state index in [9.17, 15) is 9.18 Å². The Hall–Kier alpha value is -2.21. The highest BCUT2D eigenvalue weighted by Gasteiger charge is 2.50. The van der Waals surface area contributed by atoms with Gasteiger partial charge in [0.1, 0.15) is 5.82 Å². The van der Waals surface area contributed by atoms with Gasteiger partial charge in [0.05, 0.1) is 25.2 Å². The van der Waals surface area contributed by atoms with Crippen LogP contribution in [0.4, 0.5) is 4.39 Å². The Balaban J connectivity index is 1.38. The fourth-order valence-electron chi connectivity index (χ4n) is 2.64. The zero-order valence-corrected chi connectivity index (χ0v) is 12.9. The molecule has 122 valence electrons. The maximum atomic E-state index is 13.0. The average Bonchev–Trinajstić information content (AvgIpc) is 3.21. The zero-order chi connectivity index (χ0) is 16.1. The SMILES string of the molecule is O=C(NCCOCCn1cccn1)C1(c2ccc(F)cc2)CC1. The molecule has 0 unspecified atom stereocenters. The second-order valence-corrected chi connectivity index (χ2v) is 5.73. The molecule has 2 aromatic rings. The second-order valence-electron chi connectivity index (χ2n) is 5.73. The predicted molar refractivity (Wildman–Crippen MR) is 83.4 cm³/mol. The third-order valence-electron chi connectivity index (χ3n) is 4.14. The minimum Gasteiger partial charge on any atom is -0.378 e. The van der Waals surface area contributed by atoms with Crippen molar-refractivity contribution in [1.29, 1.82) is 0 Å². The monoisotopic (exact) mass is 317 g/mol. The van der Waals surface area contributed by atoms with Crippen molar-refractivity contribution in [1.82, 2.24) is 15.1 Å². The maximum Gasteiger partial charge on any atom is 0.230 e. The van der Waals surface area contributed by atoms with Crippen LogP contribution >= 0.6 is 0 Å². The highest BCUT2D eigenvalue weighted by atomic mass is 19.1. The molecular weight excluding hydrogens is 297 g/mol. The van der Waals surface area contributed by atoms with Gasteiger partial charge >= 0.3 is 0 Å². The van der Waals surface area contributed by atoms with E-state index < -0.39 is 5.41 Å². The minimum absolute atomic E-state index is 0.000200. The highest BCUT2D eigenvalue weighted by Crippen LogP contribution is 2.48. The molecule has 1 aromatic heterocycles. The first-order chi connectivity index (χ1) is 11.2. The number of amides is 1. The molecule has 3 rings (SSSR count). The smallest absolute Gasteiger partial charge is 0.230 e. The molecule has 1 heterocycles. The fourth-order valence-corrected chi connectivity index (χ4v) is 2.64. The van der Waals surface area contributed by atoms with Crippen molar-refractivity contribution in [2.24, 2.45) is 0 Å². The van der Waals surface area contributed by atoms with Crippen LogP contribution in [0.1, 0.15) is 18.4 Å². The molecule has 0 bridgehead atoms. The zero-order valence-electron chi connectivity index (χ0n) is 12.9. The molecule has 1 N–H and O–H groups in total. The van der Waals surface area contributed by atoms with E-state index >= 15 is 0 Å². The summed E-state index contributed by atoms with van der Waals surface area (Å²) in [5.41, 5.74) is 0.416. The number of hydrogen-bond donors (Lipinski definition) is 1. The number of nitrogens with zero attached hydrogens (tertiary/aromatic N) is 2. The van der Waals surface area contributed by atoms with Gasteiger partial charge < -0.3 is 10.1 Å². The van der Waals surface area contributed by atoms with Gasteiger partial charge in [-0.2, -0.15) is 5.10 Å². The summed E-state index contributed by atoms with van der Waals surface area (Å²) in [6, 6.07) is 8.07. The summed E-state index contributed by atoms with van der Waals surface area (Å²) in [6.07, 6.45) is 5.23. The Morgan fingerprint density at radius 1 is 1.30 bits per heavy atom. The van der Waals surface area contributed by atoms with E-state index in [1.807, 2.05) is 12.3 Å². The standard InChI is InChI=1S/C17H20FN3O2/c18-15-4-2-14(3-5-15)17(6-7-17)16(22)19-9-12-23-13-11-21-10-1-8-20-21/h1-5,8,10H,6-7,9,11-13H2,(H,19,22). The van der Waals surface area contributed by atoms with Gasteiger partial charge in [0.2, 0.25) is 5.91 Å². The van der Waals surface area contributed by atoms with Crippen LogP contribution in [0, 0.1) is 5.82 Å². The van der Waals surface area contributed by atoms with Crippen molar-refractivity contribution >= 4 is 5.91 Å². The number of benzene rings is 1. The molecule has 6 heteroatoms. The summed E-state index contributed by atoms with van der Waals surface area (Å²) in [6.45, 7) is 2.19. The Morgan fingerprint density at radius 2 is 2.09 bits per heavy atom. The van der Waals surface area contributed by atoms with Crippen molar-refractivity contribution in [3.05, 3.63) is 54.1 Å².